The van der Waals surface area contributed by atoms with Gasteiger partial charge in [0.05, 0.1) is 23.1 Å². The molecular formula is C12H8N2O. The lowest BCUT2D eigenvalue weighted by molar-refractivity contribution is -0.126. The molecule has 0 heterocycles. The highest BCUT2D eigenvalue weighted by Crippen LogP contribution is 2.40. The molecular weight excluding hydrogens is 188 g/mol. The molecule has 0 atom stereocenters. The number of Topliss-reactive ketones (excluding diaryl/α,β-unsaturated/α-hetero) is 1. The lowest BCUT2D eigenvalue weighted by atomic mass is 9.65. The Morgan fingerprint density at radius 3 is 2.13 bits per heavy atom. The van der Waals surface area contributed by atoms with E-state index in [0.29, 0.717) is 18.4 Å². The van der Waals surface area contributed by atoms with Crippen molar-refractivity contribution in [2.24, 2.45) is 0 Å². The summed E-state index contributed by atoms with van der Waals surface area (Å²) in [4.78, 5) is 11.0. The van der Waals surface area contributed by atoms with Crippen LogP contribution in [0.15, 0.2) is 24.3 Å². The topological polar surface area (TPSA) is 64.7 Å². The first kappa shape index (κ1) is 9.43. The fraction of sp³-hybridized carbons (Fsp3) is 0.250. The van der Waals surface area contributed by atoms with E-state index >= 15 is 0 Å². The Morgan fingerprint density at radius 2 is 1.73 bits per heavy atom. The summed E-state index contributed by atoms with van der Waals surface area (Å²) in [5.74, 6) is 0.126. The van der Waals surface area contributed by atoms with E-state index in [-0.39, 0.29) is 5.78 Å². The predicted octanol–water partition coefficient (Wildman–Crippen LogP) is 1.68. The molecule has 2 rings (SSSR count). The summed E-state index contributed by atoms with van der Waals surface area (Å²) in [5.41, 5.74) is 0.770. The summed E-state index contributed by atoms with van der Waals surface area (Å²) in [6.07, 6.45) is 0.602. The van der Waals surface area contributed by atoms with E-state index in [1.165, 1.54) is 0 Å². The molecule has 72 valence electrons. The van der Waals surface area contributed by atoms with Crippen molar-refractivity contribution in [2.45, 2.75) is 18.3 Å². The van der Waals surface area contributed by atoms with E-state index in [0.717, 1.165) is 5.56 Å². The fourth-order valence-corrected chi connectivity index (χ4v) is 1.83. The summed E-state index contributed by atoms with van der Waals surface area (Å²) in [6, 6.07) is 11.1. The molecule has 0 amide bonds. The SMILES string of the molecule is N#Cc1ccc(C2(C#N)CC(=O)C2)cc1. The van der Waals surface area contributed by atoms with E-state index in [4.69, 9.17) is 10.5 Å². The molecule has 0 aromatic heterocycles. The summed E-state index contributed by atoms with van der Waals surface area (Å²) in [7, 11) is 0. The molecule has 0 aliphatic heterocycles. The minimum Gasteiger partial charge on any atom is -0.300 e. The molecule has 0 spiro atoms. The average Bonchev–Trinajstić information content (AvgIpc) is 2.25. The number of carbonyl (C=O) groups is 1. The van der Waals surface area contributed by atoms with Gasteiger partial charge in [0, 0.05) is 12.8 Å². The van der Waals surface area contributed by atoms with Crippen LogP contribution < -0.4 is 0 Å². The van der Waals surface area contributed by atoms with Crippen LogP contribution in [0, 0.1) is 22.7 Å². The van der Waals surface area contributed by atoms with Gasteiger partial charge in [-0.15, -0.1) is 0 Å². The Labute approximate surface area is 87.6 Å². The molecule has 3 heteroatoms. The molecule has 0 radical (unpaired) electrons. The van der Waals surface area contributed by atoms with Gasteiger partial charge in [-0.3, -0.25) is 4.79 Å². The highest BCUT2D eigenvalue weighted by molar-refractivity contribution is 5.90. The summed E-state index contributed by atoms with van der Waals surface area (Å²) in [5, 5.41) is 17.7. The van der Waals surface area contributed by atoms with Gasteiger partial charge < -0.3 is 0 Å². The molecule has 0 bridgehead atoms. The Balaban J connectivity index is 2.34. The van der Waals surface area contributed by atoms with E-state index in [2.05, 4.69) is 6.07 Å². The average molecular weight is 196 g/mol. The van der Waals surface area contributed by atoms with Crippen molar-refractivity contribution < 1.29 is 4.79 Å². The molecule has 1 aliphatic carbocycles. The van der Waals surface area contributed by atoms with Gasteiger partial charge >= 0.3 is 0 Å². The minimum absolute atomic E-state index is 0.126. The number of carbonyl (C=O) groups excluding carboxylic acids is 1. The predicted molar refractivity (Wildman–Crippen MR) is 52.7 cm³/mol. The number of hydrogen-bond acceptors (Lipinski definition) is 3. The van der Waals surface area contributed by atoms with Gasteiger partial charge in [0.25, 0.3) is 0 Å². The molecule has 1 fully saturated rings. The van der Waals surface area contributed by atoms with Crippen molar-refractivity contribution in [2.75, 3.05) is 0 Å². The van der Waals surface area contributed by atoms with Gasteiger partial charge in [0.2, 0.25) is 0 Å². The zero-order chi connectivity index (χ0) is 10.9. The smallest absolute Gasteiger partial charge is 0.136 e. The lowest BCUT2D eigenvalue weighted by Crippen LogP contribution is -2.40. The van der Waals surface area contributed by atoms with Crippen LogP contribution >= 0.6 is 0 Å². The van der Waals surface area contributed by atoms with E-state index in [9.17, 15) is 4.79 Å². The second kappa shape index (κ2) is 3.22. The molecule has 1 saturated carbocycles. The van der Waals surface area contributed by atoms with Crippen LogP contribution in [0.1, 0.15) is 24.0 Å². The summed E-state index contributed by atoms with van der Waals surface area (Å²) < 4.78 is 0. The molecule has 15 heavy (non-hydrogen) atoms. The first-order valence-electron chi connectivity index (χ1n) is 4.64. The first-order valence-corrected chi connectivity index (χ1v) is 4.64. The Kier molecular flexibility index (Phi) is 2.02. The van der Waals surface area contributed by atoms with Crippen LogP contribution in [0.2, 0.25) is 0 Å². The van der Waals surface area contributed by atoms with Crippen molar-refractivity contribution in [3.8, 4) is 12.1 Å². The molecule has 1 aromatic rings. The van der Waals surface area contributed by atoms with Crippen LogP contribution in [0.5, 0.6) is 0 Å². The van der Waals surface area contributed by atoms with Gasteiger partial charge in [0.15, 0.2) is 0 Å². The van der Waals surface area contributed by atoms with Crippen LogP contribution in [-0.2, 0) is 10.2 Å². The van der Waals surface area contributed by atoms with Crippen molar-refractivity contribution in [3.63, 3.8) is 0 Å². The number of nitrogens with zero attached hydrogens (tertiary/aromatic N) is 2. The number of benzene rings is 1. The molecule has 3 nitrogen and oxygen atoms in total. The largest absolute Gasteiger partial charge is 0.300 e. The van der Waals surface area contributed by atoms with Gasteiger partial charge in [0.1, 0.15) is 5.78 Å². The molecule has 1 aromatic carbocycles. The second-order valence-electron chi connectivity index (χ2n) is 3.78. The van der Waals surface area contributed by atoms with E-state index in [1.54, 1.807) is 24.3 Å². The lowest BCUT2D eigenvalue weighted by Gasteiger charge is -2.33. The van der Waals surface area contributed by atoms with Crippen LogP contribution in [-0.4, -0.2) is 5.78 Å². The maximum Gasteiger partial charge on any atom is 0.136 e. The maximum absolute atomic E-state index is 11.0. The number of rotatable bonds is 1. The van der Waals surface area contributed by atoms with Crippen LogP contribution in [0.25, 0.3) is 0 Å². The van der Waals surface area contributed by atoms with E-state index < -0.39 is 5.41 Å². The normalized spacial score (nSPS) is 17.3. The van der Waals surface area contributed by atoms with Gasteiger partial charge in [-0.05, 0) is 17.7 Å². The summed E-state index contributed by atoms with van der Waals surface area (Å²) >= 11 is 0. The zero-order valence-corrected chi connectivity index (χ0v) is 8.03. The van der Waals surface area contributed by atoms with Crippen LogP contribution in [0.3, 0.4) is 0 Å². The van der Waals surface area contributed by atoms with Crippen molar-refractivity contribution >= 4 is 5.78 Å². The summed E-state index contributed by atoms with van der Waals surface area (Å²) in [6.45, 7) is 0. The van der Waals surface area contributed by atoms with Crippen molar-refractivity contribution in [1.82, 2.24) is 0 Å². The first-order chi connectivity index (χ1) is 7.20. The second-order valence-corrected chi connectivity index (χ2v) is 3.78. The third kappa shape index (κ3) is 1.39. The van der Waals surface area contributed by atoms with Gasteiger partial charge in [-0.1, -0.05) is 12.1 Å². The minimum atomic E-state index is -0.634. The molecule has 0 saturated heterocycles. The van der Waals surface area contributed by atoms with Crippen LogP contribution in [0.4, 0.5) is 0 Å². The molecule has 0 N–H and O–H groups in total. The number of hydrogen-bond donors (Lipinski definition) is 0. The molecule has 1 aliphatic rings. The van der Waals surface area contributed by atoms with Crippen molar-refractivity contribution in [1.29, 1.82) is 10.5 Å². The number of ketones is 1. The highest BCUT2D eigenvalue weighted by Gasteiger charge is 2.45. The Hall–Kier alpha value is -2.13. The third-order valence-corrected chi connectivity index (χ3v) is 2.78. The van der Waals surface area contributed by atoms with Gasteiger partial charge in [-0.25, -0.2) is 0 Å². The standard InChI is InChI=1S/C12H8N2O/c13-7-9-1-3-10(4-2-9)12(8-14)5-11(15)6-12/h1-4H,5-6H2. The fourth-order valence-electron chi connectivity index (χ4n) is 1.83. The highest BCUT2D eigenvalue weighted by atomic mass is 16.1. The van der Waals surface area contributed by atoms with Crippen molar-refractivity contribution in [3.05, 3.63) is 35.4 Å². The van der Waals surface area contributed by atoms with Gasteiger partial charge in [-0.2, -0.15) is 10.5 Å². The molecule has 0 unspecified atom stereocenters. The Bertz CT molecular complexity index is 480. The third-order valence-electron chi connectivity index (χ3n) is 2.78. The quantitative estimate of drug-likeness (QED) is 0.686. The maximum atomic E-state index is 11.0. The number of nitriles is 2. The zero-order valence-electron chi connectivity index (χ0n) is 8.03. The monoisotopic (exact) mass is 196 g/mol. The Morgan fingerprint density at radius 1 is 1.13 bits per heavy atom. The van der Waals surface area contributed by atoms with E-state index in [1.807, 2.05) is 6.07 Å².